The molecule has 2 saturated carbocycles. The van der Waals surface area contributed by atoms with Crippen LogP contribution in [-0.4, -0.2) is 36.5 Å². The van der Waals surface area contributed by atoms with E-state index in [0.29, 0.717) is 12.1 Å². The highest BCUT2D eigenvalue weighted by atomic mass is 16.5. The summed E-state index contributed by atoms with van der Waals surface area (Å²) in [5.41, 5.74) is -0.420. The zero-order valence-electron chi connectivity index (χ0n) is 11.1. The lowest BCUT2D eigenvalue weighted by Gasteiger charge is -2.35. The summed E-state index contributed by atoms with van der Waals surface area (Å²) in [6.45, 7) is 0.787. The van der Waals surface area contributed by atoms with Crippen LogP contribution in [0.1, 0.15) is 57.8 Å². The lowest BCUT2D eigenvalue weighted by atomic mass is 9.84. The van der Waals surface area contributed by atoms with Crippen molar-refractivity contribution < 1.29 is 9.84 Å². The highest BCUT2D eigenvalue weighted by molar-refractivity contribution is 4.87. The summed E-state index contributed by atoms with van der Waals surface area (Å²) in [6, 6.07) is 0.590. The normalized spacial score (nSPS) is 33.5. The second-order valence-electron chi connectivity index (χ2n) is 5.88. The SMILES string of the molecule is COC1CCC(NCC2(O)CCCCC2)CC1. The predicted octanol–water partition coefficient (Wildman–Crippen LogP) is 2.23. The largest absolute Gasteiger partial charge is 0.389 e. The third-order valence-electron chi connectivity index (χ3n) is 4.51. The molecule has 0 unspecified atom stereocenters. The smallest absolute Gasteiger partial charge is 0.0771 e. The van der Waals surface area contributed by atoms with Crippen molar-refractivity contribution in [2.45, 2.75) is 75.5 Å². The molecule has 0 bridgehead atoms. The molecule has 17 heavy (non-hydrogen) atoms. The molecule has 2 fully saturated rings. The van der Waals surface area contributed by atoms with Crippen LogP contribution in [0.5, 0.6) is 0 Å². The van der Waals surface area contributed by atoms with E-state index in [9.17, 15) is 5.11 Å². The van der Waals surface area contributed by atoms with Gasteiger partial charge >= 0.3 is 0 Å². The van der Waals surface area contributed by atoms with Crippen molar-refractivity contribution in [2.24, 2.45) is 0 Å². The van der Waals surface area contributed by atoms with Gasteiger partial charge in [-0.2, -0.15) is 0 Å². The average Bonchev–Trinajstić information content (AvgIpc) is 2.38. The Morgan fingerprint density at radius 3 is 2.35 bits per heavy atom. The minimum absolute atomic E-state index is 0.420. The van der Waals surface area contributed by atoms with Crippen LogP contribution in [0.3, 0.4) is 0 Å². The number of rotatable bonds is 4. The van der Waals surface area contributed by atoms with E-state index in [1.165, 1.54) is 32.1 Å². The van der Waals surface area contributed by atoms with E-state index in [1.54, 1.807) is 0 Å². The van der Waals surface area contributed by atoms with Gasteiger partial charge in [-0.25, -0.2) is 0 Å². The molecule has 2 aliphatic rings. The Kier molecular flexibility index (Phi) is 4.83. The summed E-state index contributed by atoms with van der Waals surface area (Å²) in [7, 11) is 1.81. The van der Waals surface area contributed by atoms with Crippen LogP contribution in [0, 0.1) is 0 Å². The first-order valence-corrected chi connectivity index (χ1v) is 7.20. The van der Waals surface area contributed by atoms with Crippen molar-refractivity contribution in [1.29, 1.82) is 0 Å². The lowest BCUT2D eigenvalue weighted by molar-refractivity contribution is -0.00115. The van der Waals surface area contributed by atoms with Gasteiger partial charge in [0.25, 0.3) is 0 Å². The summed E-state index contributed by atoms with van der Waals surface area (Å²) in [6.07, 6.45) is 10.8. The van der Waals surface area contributed by atoms with E-state index in [-0.39, 0.29) is 0 Å². The molecule has 0 spiro atoms. The van der Waals surface area contributed by atoms with Gasteiger partial charge in [0.15, 0.2) is 0 Å². The maximum Gasteiger partial charge on any atom is 0.0771 e. The zero-order chi connectivity index (χ0) is 12.1. The molecular formula is C14H27NO2. The molecule has 0 atom stereocenters. The summed E-state index contributed by atoms with van der Waals surface area (Å²) < 4.78 is 5.38. The number of nitrogens with one attached hydrogen (secondary N) is 1. The van der Waals surface area contributed by atoms with Crippen molar-refractivity contribution in [3.8, 4) is 0 Å². The summed E-state index contributed by atoms with van der Waals surface area (Å²) in [5.74, 6) is 0. The third kappa shape index (κ3) is 3.94. The molecule has 0 radical (unpaired) electrons. The van der Waals surface area contributed by atoms with Gasteiger partial charge in [-0.15, -0.1) is 0 Å². The van der Waals surface area contributed by atoms with Crippen molar-refractivity contribution in [3.63, 3.8) is 0 Å². The lowest BCUT2D eigenvalue weighted by Crippen LogP contribution is -2.46. The van der Waals surface area contributed by atoms with Crippen LogP contribution in [0.15, 0.2) is 0 Å². The standard InChI is InChI=1S/C14H27NO2/c1-17-13-7-5-12(6-8-13)15-11-14(16)9-3-2-4-10-14/h12-13,15-16H,2-11H2,1H3. The van der Waals surface area contributed by atoms with Gasteiger partial charge in [-0.1, -0.05) is 19.3 Å². The van der Waals surface area contributed by atoms with Crippen LogP contribution in [0.25, 0.3) is 0 Å². The van der Waals surface area contributed by atoms with Crippen molar-refractivity contribution >= 4 is 0 Å². The number of ether oxygens (including phenoxy) is 1. The Balaban J connectivity index is 1.68. The van der Waals surface area contributed by atoms with Crippen LogP contribution < -0.4 is 5.32 Å². The Labute approximate surface area is 105 Å². The van der Waals surface area contributed by atoms with Crippen molar-refractivity contribution in [1.82, 2.24) is 5.32 Å². The summed E-state index contributed by atoms with van der Waals surface area (Å²) in [5, 5.41) is 14.0. The fourth-order valence-corrected chi connectivity index (χ4v) is 3.22. The highest BCUT2D eigenvalue weighted by Crippen LogP contribution is 2.28. The van der Waals surface area contributed by atoms with Crippen molar-refractivity contribution in [3.05, 3.63) is 0 Å². The van der Waals surface area contributed by atoms with E-state index in [0.717, 1.165) is 32.2 Å². The minimum atomic E-state index is -0.420. The molecule has 2 rings (SSSR count). The molecular weight excluding hydrogens is 214 g/mol. The Morgan fingerprint density at radius 1 is 1.12 bits per heavy atom. The van der Waals surface area contributed by atoms with Crippen LogP contribution >= 0.6 is 0 Å². The first kappa shape index (κ1) is 13.3. The Bertz CT molecular complexity index is 218. The monoisotopic (exact) mass is 241 g/mol. The second kappa shape index (κ2) is 6.17. The first-order chi connectivity index (χ1) is 8.22. The number of aliphatic hydroxyl groups is 1. The molecule has 0 aliphatic heterocycles. The molecule has 2 aliphatic carbocycles. The molecule has 0 amide bonds. The van der Waals surface area contributed by atoms with E-state index in [2.05, 4.69) is 5.32 Å². The van der Waals surface area contributed by atoms with Gasteiger partial charge in [-0.05, 0) is 38.5 Å². The van der Waals surface area contributed by atoms with Gasteiger partial charge in [-0.3, -0.25) is 0 Å². The number of hydrogen-bond acceptors (Lipinski definition) is 3. The van der Waals surface area contributed by atoms with Gasteiger partial charge in [0.1, 0.15) is 0 Å². The fourth-order valence-electron chi connectivity index (χ4n) is 3.22. The maximum absolute atomic E-state index is 10.4. The topological polar surface area (TPSA) is 41.5 Å². The quantitative estimate of drug-likeness (QED) is 0.793. The first-order valence-electron chi connectivity index (χ1n) is 7.20. The van der Waals surface area contributed by atoms with Gasteiger partial charge in [0.2, 0.25) is 0 Å². The average molecular weight is 241 g/mol. The van der Waals surface area contributed by atoms with Gasteiger partial charge < -0.3 is 15.2 Å². The Morgan fingerprint density at radius 2 is 1.76 bits per heavy atom. The van der Waals surface area contributed by atoms with E-state index >= 15 is 0 Å². The zero-order valence-corrected chi connectivity index (χ0v) is 11.1. The van der Waals surface area contributed by atoms with Crippen LogP contribution in [0.2, 0.25) is 0 Å². The third-order valence-corrected chi connectivity index (χ3v) is 4.51. The Hall–Kier alpha value is -0.120. The molecule has 0 aromatic carbocycles. The second-order valence-corrected chi connectivity index (χ2v) is 5.88. The van der Waals surface area contributed by atoms with E-state index in [4.69, 9.17) is 4.74 Å². The number of methoxy groups -OCH3 is 1. The molecule has 0 heterocycles. The van der Waals surface area contributed by atoms with E-state index < -0.39 is 5.60 Å². The van der Waals surface area contributed by atoms with Gasteiger partial charge in [0.05, 0.1) is 11.7 Å². The molecule has 3 heteroatoms. The minimum Gasteiger partial charge on any atom is -0.389 e. The molecule has 3 nitrogen and oxygen atoms in total. The molecule has 0 aromatic rings. The summed E-state index contributed by atoms with van der Waals surface area (Å²) in [4.78, 5) is 0. The maximum atomic E-state index is 10.4. The molecule has 2 N–H and O–H groups in total. The fraction of sp³-hybridized carbons (Fsp3) is 1.00. The molecule has 0 saturated heterocycles. The van der Waals surface area contributed by atoms with Gasteiger partial charge in [0, 0.05) is 19.7 Å². The van der Waals surface area contributed by atoms with Crippen LogP contribution in [-0.2, 0) is 4.74 Å². The van der Waals surface area contributed by atoms with Crippen molar-refractivity contribution in [2.75, 3.05) is 13.7 Å². The van der Waals surface area contributed by atoms with E-state index in [1.807, 2.05) is 7.11 Å². The number of hydrogen-bond donors (Lipinski definition) is 2. The molecule has 100 valence electrons. The predicted molar refractivity (Wildman–Crippen MR) is 69.1 cm³/mol. The highest BCUT2D eigenvalue weighted by Gasteiger charge is 2.30. The van der Waals surface area contributed by atoms with Crippen LogP contribution in [0.4, 0.5) is 0 Å². The summed E-state index contributed by atoms with van der Waals surface area (Å²) >= 11 is 0. The molecule has 0 aromatic heterocycles.